The van der Waals surface area contributed by atoms with E-state index in [1.807, 2.05) is 69.3 Å². The van der Waals surface area contributed by atoms with Crippen molar-refractivity contribution in [1.82, 2.24) is 0 Å². The molecule has 4 rings (SSSR count). The molecule has 6 heteroatoms. The summed E-state index contributed by atoms with van der Waals surface area (Å²) < 4.78 is 12.9. The van der Waals surface area contributed by atoms with E-state index in [2.05, 4.69) is 22.0 Å². The summed E-state index contributed by atoms with van der Waals surface area (Å²) >= 11 is 10.0. The second kappa shape index (κ2) is 8.71. The van der Waals surface area contributed by atoms with Gasteiger partial charge < -0.3 is 9.47 Å². The number of ether oxygens (including phenoxy) is 2. The molecule has 1 amide bonds. The monoisotopic (exact) mass is 501 g/mol. The van der Waals surface area contributed by atoms with E-state index in [1.54, 1.807) is 4.90 Å². The minimum absolute atomic E-state index is 0.0177. The van der Waals surface area contributed by atoms with Crippen molar-refractivity contribution < 1.29 is 14.3 Å². The number of rotatable bonds is 4. The maximum atomic E-state index is 13.0. The van der Waals surface area contributed by atoms with Crippen LogP contribution in [0, 0.1) is 0 Å². The van der Waals surface area contributed by atoms with Crippen molar-refractivity contribution in [3.8, 4) is 5.75 Å². The van der Waals surface area contributed by atoms with Crippen LogP contribution in [0.5, 0.6) is 5.75 Å². The van der Waals surface area contributed by atoms with E-state index in [0.29, 0.717) is 24.8 Å². The van der Waals surface area contributed by atoms with Crippen LogP contribution in [0.15, 0.2) is 59.1 Å². The first kappa shape index (κ1) is 22.0. The molecule has 1 atom stereocenters. The van der Waals surface area contributed by atoms with Gasteiger partial charge in [0.05, 0.1) is 5.69 Å². The molecule has 0 radical (unpaired) electrons. The molecule has 0 saturated heterocycles. The van der Waals surface area contributed by atoms with E-state index in [-0.39, 0.29) is 12.0 Å². The van der Waals surface area contributed by atoms with Gasteiger partial charge in [-0.15, -0.1) is 11.6 Å². The summed E-state index contributed by atoms with van der Waals surface area (Å²) in [7, 11) is 0. The van der Waals surface area contributed by atoms with Crippen molar-refractivity contribution in [2.45, 2.75) is 38.9 Å². The van der Waals surface area contributed by atoms with E-state index < -0.39 is 5.60 Å². The molecule has 162 valence electrons. The molecule has 3 aromatic rings. The van der Waals surface area contributed by atoms with E-state index in [0.717, 1.165) is 32.1 Å². The number of amides is 1. The number of nitrogens with zero attached hydrogens (tertiary/aromatic N) is 1. The van der Waals surface area contributed by atoms with Crippen molar-refractivity contribution in [2.75, 3.05) is 17.3 Å². The van der Waals surface area contributed by atoms with Gasteiger partial charge in [-0.1, -0.05) is 58.4 Å². The van der Waals surface area contributed by atoms with Gasteiger partial charge in [0.2, 0.25) is 0 Å². The smallest absolute Gasteiger partial charge is 0.414 e. The lowest BCUT2D eigenvalue weighted by Gasteiger charge is -2.25. The highest BCUT2D eigenvalue weighted by Crippen LogP contribution is 2.47. The van der Waals surface area contributed by atoms with Gasteiger partial charge in [0.25, 0.3) is 0 Å². The van der Waals surface area contributed by atoms with Crippen molar-refractivity contribution in [1.29, 1.82) is 0 Å². The summed E-state index contributed by atoms with van der Waals surface area (Å²) in [5.74, 6) is 1.15. The Morgan fingerprint density at radius 1 is 1.16 bits per heavy atom. The number of halogens is 2. The Labute approximate surface area is 196 Å². The van der Waals surface area contributed by atoms with Gasteiger partial charge in [0.1, 0.15) is 18.0 Å². The Hall–Kier alpha value is -2.24. The number of anilines is 1. The summed E-state index contributed by atoms with van der Waals surface area (Å²) in [4.78, 5) is 14.7. The molecule has 0 spiro atoms. The van der Waals surface area contributed by atoms with E-state index >= 15 is 0 Å². The molecular formula is C25H25BrClNO3. The fourth-order valence-corrected chi connectivity index (χ4v) is 4.75. The van der Waals surface area contributed by atoms with E-state index in [1.165, 1.54) is 0 Å². The predicted octanol–water partition coefficient (Wildman–Crippen LogP) is 7.26. The van der Waals surface area contributed by atoms with Crippen LogP contribution in [-0.2, 0) is 11.3 Å². The van der Waals surface area contributed by atoms with Crippen LogP contribution in [0.3, 0.4) is 0 Å². The zero-order valence-electron chi connectivity index (χ0n) is 17.8. The number of hydrogen-bond donors (Lipinski definition) is 0. The zero-order chi connectivity index (χ0) is 22.2. The van der Waals surface area contributed by atoms with Crippen LogP contribution < -0.4 is 9.64 Å². The average molecular weight is 503 g/mol. The van der Waals surface area contributed by atoms with Gasteiger partial charge in [-0.2, -0.15) is 0 Å². The number of benzene rings is 3. The number of carbonyl (C=O) groups is 1. The molecule has 0 N–H and O–H groups in total. The minimum Gasteiger partial charge on any atom is -0.488 e. The molecule has 31 heavy (non-hydrogen) atoms. The molecule has 0 bridgehead atoms. The highest BCUT2D eigenvalue weighted by molar-refractivity contribution is 9.10. The Bertz CT molecular complexity index is 1110. The Kier molecular flexibility index (Phi) is 6.18. The highest BCUT2D eigenvalue weighted by Gasteiger charge is 2.37. The van der Waals surface area contributed by atoms with Crippen molar-refractivity contribution in [2.24, 2.45) is 0 Å². The summed E-state index contributed by atoms with van der Waals surface area (Å²) in [6, 6.07) is 18.0. The van der Waals surface area contributed by atoms with Gasteiger partial charge in [0.15, 0.2) is 0 Å². The highest BCUT2D eigenvalue weighted by atomic mass is 79.9. The summed E-state index contributed by atoms with van der Waals surface area (Å²) in [5, 5.41) is 2.02. The molecule has 3 aromatic carbocycles. The minimum atomic E-state index is -0.581. The summed E-state index contributed by atoms with van der Waals surface area (Å²) in [5.41, 5.74) is 2.35. The number of carbonyl (C=O) groups excluding carboxylic acids is 1. The van der Waals surface area contributed by atoms with E-state index in [4.69, 9.17) is 21.1 Å². The van der Waals surface area contributed by atoms with Gasteiger partial charge in [-0.25, -0.2) is 4.79 Å². The molecular weight excluding hydrogens is 478 g/mol. The first-order valence-electron chi connectivity index (χ1n) is 10.3. The van der Waals surface area contributed by atoms with Crippen molar-refractivity contribution >= 4 is 50.1 Å². The van der Waals surface area contributed by atoms with E-state index in [9.17, 15) is 4.79 Å². The standard InChI is InChI=1S/C25H25BrClNO3/c1-25(2,3)31-24(29)28-14-17(13-27)22-18-10-7-11-19(26)23(18)21(12-20(22)28)30-15-16-8-5-4-6-9-16/h4-12,17H,13-15H2,1-3H3. The second-order valence-electron chi connectivity index (χ2n) is 8.69. The van der Waals surface area contributed by atoms with Gasteiger partial charge in [-0.05, 0) is 43.4 Å². The van der Waals surface area contributed by atoms with Gasteiger partial charge in [-0.3, -0.25) is 4.90 Å². The lowest BCUT2D eigenvalue weighted by atomic mass is 9.95. The third-order valence-electron chi connectivity index (χ3n) is 5.23. The molecule has 4 nitrogen and oxygen atoms in total. The first-order valence-corrected chi connectivity index (χ1v) is 11.6. The molecule has 1 aliphatic rings. The number of hydrogen-bond acceptors (Lipinski definition) is 3. The molecule has 0 aliphatic carbocycles. The lowest BCUT2D eigenvalue weighted by Crippen LogP contribution is -2.36. The lowest BCUT2D eigenvalue weighted by molar-refractivity contribution is 0.0582. The molecule has 0 saturated carbocycles. The van der Waals surface area contributed by atoms with Gasteiger partial charge in [0, 0.05) is 34.3 Å². The van der Waals surface area contributed by atoms with Crippen LogP contribution in [0.4, 0.5) is 10.5 Å². The Balaban J connectivity index is 1.82. The Morgan fingerprint density at radius 2 is 1.90 bits per heavy atom. The zero-order valence-corrected chi connectivity index (χ0v) is 20.2. The van der Waals surface area contributed by atoms with Crippen LogP contribution in [0.1, 0.15) is 37.8 Å². The second-order valence-corrected chi connectivity index (χ2v) is 9.85. The fourth-order valence-electron chi connectivity index (χ4n) is 3.94. The van der Waals surface area contributed by atoms with Crippen LogP contribution in [0.25, 0.3) is 10.8 Å². The summed E-state index contributed by atoms with van der Waals surface area (Å²) in [6.07, 6.45) is -0.371. The van der Waals surface area contributed by atoms with Crippen LogP contribution >= 0.6 is 27.5 Å². The van der Waals surface area contributed by atoms with Crippen molar-refractivity contribution in [3.05, 3.63) is 70.2 Å². The average Bonchev–Trinajstić information content (AvgIpc) is 3.10. The topological polar surface area (TPSA) is 38.8 Å². The first-order chi connectivity index (χ1) is 14.8. The van der Waals surface area contributed by atoms with Crippen LogP contribution in [-0.4, -0.2) is 24.1 Å². The quantitative estimate of drug-likeness (QED) is 0.352. The maximum Gasteiger partial charge on any atom is 0.414 e. The SMILES string of the molecule is CC(C)(C)OC(=O)N1CC(CCl)c2c1cc(OCc1ccccc1)c1c(Br)cccc21. The number of fused-ring (bicyclic) bond motifs is 3. The Morgan fingerprint density at radius 3 is 2.58 bits per heavy atom. The molecule has 0 aromatic heterocycles. The molecule has 1 heterocycles. The molecule has 1 unspecified atom stereocenters. The normalized spacial score (nSPS) is 15.8. The summed E-state index contributed by atoms with van der Waals surface area (Å²) in [6.45, 7) is 6.52. The maximum absolute atomic E-state index is 13.0. The molecule has 1 aliphatic heterocycles. The predicted molar refractivity (Wildman–Crippen MR) is 129 cm³/mol. The molecule has 0 fully saturated rings. The largest absolute Gasteiger partial charge is 0.488 e. The third-order valence-corrected chi connectivity index (χ3v) is 6.27. The van der Waals surface area contributed by atoms with Crippen molar-refractivity contribution in [3.63, 3.8) is 0 Å². The van der Waals surface area contributed by atoms with Gasteiger partial charge >= 0.3 is 6.09 Å². The van der Waals surface area contributed by atoms with Crippen LogP contribution in [0.2, 0.25) is 0 Å². The third kappa shape index (κ3) is 4.53. The number of alkyl halides is 1. The fraction of sp³-hybridized carbons (Fsp3) is 0.320.